The monoisotopic (exact) mass is 422 g/mol. The molecule has 0 aliphatic rings. The zero-order chi connectivity index (χ0) is 19.8. The maximum absolute atomic E-state index is 11.8. The maximum atomic E-state index is 11.8. The number of hydrogen-bond acceptors (Lipinski definition) is 7. The highest BCUT2D eigenvalue weighted by Crippen LogP contribution is 2.13. The maximum Gasteiger partial charge on any atom is 0.306 e. The van der Waals surface area contributed by atoms with Crippen molar-refractivity contribution in [3.05, 3.63) is 0 Å². The molecule has 0 fully saturated rings. The molecular formula is C18H34O5S2Si. The minimum atomic E-state index is -0.514. The van der Waals surface area contributed by atoms with Gasteiger partial charge in [-0.1, -0.05) is 44.2 Å². The molecular weight excluding hydrogens is 388 g/mol. The number of ether oxygens (including phenoxy) is 2. The van der Waals surface area contributed by atoms with Gasteiger partial charge in [0, 0.05) is 32.6 Å². The second-order valence-corrected chi connectivity index (χ2v) is 11.7. The molecule has 0 aliphatic heterocycles. The Balaban J connectivity index is 3.76. The normalized spacial score (nSPS) is 12.0. The number of thiol groups is 1. The van der Waals surface area contributed by atoms with Crippen LogP contribution in [-0.2, 0) is 23.9 Å². The van der Waals surface area contributed by atoms with Crippen molar-refractivity contribution in [3.63, 3.8) is 0 Å². The summed E-state index contributed by atoms with van der Waals surface area (Å²) in [7, 11) is -0.514. The van der Waals surface area contributed by atoms with E-state index in [0.29, 0.717) is 17.9 Å². The van der Waals surface area contributed by atoms with Crippen LogP contribution in [0.4, 0.5) is 0 Å². The van der Waals surface area contributed by atoms with Gasteiger partial charge < -0.3 is 9.47 Å². The van der Waals surface area contributed by atoms with Crippen molar-refractivity contribution in [1.82, 2.24) is 0 Å². The minimum absolute atomic E-state index is 0.00149. The molecule has 0 rings (SSSR count). The van der Waals surface area contributed by atoms with E-state index in [9.17, 15) is 14.4 Å². The molecule has 0 bridgehead atoms. The van der Waals surface area contributed by atoms with Crippen molar-refractivity contribution in [2.75, 3.05) is 24.7 Å². The van der Waals surface area contributed by atoms with Crippen LogP contribution in [0.1, 0.15) is 45.4 Å². The van der Waals surface area contributed by atoms with Gasteiger partial charge in [-0.2, -0.15) is 12.6 Å². The molecule has 0 amide bonds. The molecule has 5 nitrogen and oxygen atoms in total. The summed E-state index contributed by atoms with van der Waals surface area (Å²) in [5, 5.41) is 0.158. The lowest BCUT2D eigenvalue weighted by molar-refractivity contribution is -0.148. The number of esters is 2. The van der Waals surface area contributed by atoms with E-state index in [1.165, 1.54) is 17.8 Å². The third-order valence-corrected chi connectivity index (χ3v) is 6.56. The summed E-state index contributed by atoms with van der Waals surface area (Å²) >= 11 is 5.20. The standard InChI is InChI=1S/C18H34O5S2Si/c1-4-15(13-22-16(19)8-10-24)14-23-17(20)9-11-25-18(21)7-5-6-12-26(2)3/h15,24,26H,4-14H2,1-3H3. The Kier molecular flexibility index (Phi) is 16.4. The topological polar surface area (TPSA) is 69.7 Å². The number of carbonyl (C=O) groups excluding carboxylic acids is 3. The Bertz CT molecular complexity index is 418. The summed E-state index contributed by atoms with van der Waals surface area (Å²) in [5.41, 5.74) is 0. The third-order valence-electron chi connectivity index (χ3n) is 3.83. The first kappa shape index (κ1) is 25.5. The summed E-state index contributed by atoms with van der Waals surface area (Å²) in [4.78, 5) is 34.8. The van der Waals surface area contributed by atoms with Crippen LogP contribution in [0.5, 0.6) is 0 Å². The van der Waals surface area contributed by atoms with Gasteiger partial charge in [-0.05, 0) is 12.8 Å². The van der Waals surface area contributed by atoms with Crippen molar-refractivity contribution < 1.29 is 23.9 Å². The van der Waals surface area contributed by atoms with Crippen LogP contribution >= 0.6 is 24.4 Å². The number of hydrogen-bond donors (Lipinski definition) is 1. The van der Waals surface area contributed by atoms with Crippen molar-refractivity contribution in [3.8, 4) is 0 Å². The number of rotatable bonds is 15. The predicted octanol–water partition coefficient (Wildman–Crippen LogP) is 3.73. The van der Waals surface area contributed by atoms with Gasteiger partial charge in [-0.3, -0.25) is 14.4 Å². The third kappa shape index (κ3) is 15.8. The molecule has 0 aromatic heterocycles. The SMILES string of the molecule is CCC(COC(=O)CCS)COC(=O)CCSC(=O)CCCC[SiH](C)C. The molecule has 26 heavy (non-hydrogen) atoms. The summed E-state index contributed by atoms with van der Waals surface area (Å²) < 4.78 is 10.3. The number of unbranched alkanes of at least 4 members (excludes halogenated alkanes) is 1. The fourth-order valence-electron chi connectivity index (χ4n) is 2.08. The Hall–Kier alpha value is -0.473. The molecule has 1 unspecified atom stereocenters. The van der Waals surface area contributed by atoms with E-state index in [1.54, 1.807) is 0 Å². The first-order valence-corrected chi connectivity index (χ1v) is 14.2. The number of thioether (sulfide) groups is 1. The van der Waals surface area contributed by atoms with Gasteiger partial charge in [0.15, 0.2) is 5.12 Å². The Morgan fingerprint density at radius 1 is 1.00 bits per heavy atom. The molecule has 8 heteroatoms. The summed E-state index contributed by atoms with van der Waals surface area (Å²) in [6.45, 7) is 7.08. The molecule has 0 saturated heterocycles. The molecule has 0 aromatic carbocycles. The minimum Gasteiger partial charge on any atom is -0.465 e. The lowest BCUT2D eigenvalue weighted by atomic mass is 10.1. The van der Waals surface area contributed by atoms with E-state index in [-0.39, 0.29) is 49.0 Å². The van der Waals surface area contributed by atoms with Crippen molar-refractivity contribution in [2.45, 2.75) is 64.6 Å². The van der Waals surface area contributed by atoms with Crippen LogP contribution < -0.4 is 0 Å². The van der Waals surface area contributed by atoms with Crippen LogP contribution in [-0.4, -0.2) is 50.6 Å². The first-order valence-electron chi connectivity index (χ1n) is 9.46. The molecule has 0 spiro atoms. The Labute approximate surface area is 169 Å². The molecule has 0 heterocycles. The highest BCUT2D eigenvalue weighted by molar-refractivity contribution is 8.13. The highest BCUT2D eigenvalue weighted by Gasteiger charge is 2.13. The van der Waals surface area contributed by atoms with Gasteiger partial charge in [-0.25, -0.2) is 0 Å². The van der Waals surface area contributed by atoms with Crippen molar-refractivity contribution >= 4 is 50.2 Å². The largest absolute Gasteiger partial charge is 0.465 e. The van der Waals surface area contributed by atoms with Crippen LogP contribution in [0.2, 0.25) is 19.1 Å². The van der Waals surface area contributed by atoms with Gasteiger partial charge in [0.05, 0.1) is 26.1 Å². The van der Waals surface area contributed by atoms with Crippen molar-refractivity contribution in [1.29, 1.82) is 0 Å². The Morgan fingerprint density at radius 3 is 2.15 bits per heavy atom. The lowest BCUT2D eigenvalue weighted by Crippen LogP contribution is -2.20. The lowest BCUT2D eigenvalue weighted by Gasteiger charge is -2.15. The summed E-state index contributed by atoms with van der Waals surface area (Å²) in [5.74, 6) is 0.332. The van der Waals surface area contributed by atoms with Gasteiger partial charge in [0.2, 0.25) is 0 Å². The second-order valence-electron chi connectivity index (χ2n) is 6.72. The highest BCUT2D eigenvalue weighted by atomic mass is 32.2. The van der Waals surface area contributed by atoms with E-state index in [2.05, 4.69) is 25.7 Å². The molecule has 0 aliphatic carbocycles. The van der Waals surface area contributed by atoms with Crippen molar-refractivity contribution in [2.24, 2.45) is 5.92 Å². The molecule has 1 atom stereocenters. The fraction of sp³-hybridized carbons (Fsp3) is 0.833. The van der Waals surface area contributed by atoms with Gasteiger partial charge in [0.25, 0.3) is 0 Å². The molecule has 0 aromatic rings. The molecule has 0 radical (unpaired) electrons. The number of carbonyl (C=O) groups is 3. The quantitative estimate of drug-likeness (QED) is 0.188. The van der Waals surface area contributed by atoms with E-state index >= 15 is 0 Å². The predicted molar refractivity (Wildman–Crippen MR) is 114 cm³/mol. The molecule has 0 saturated carbocycles. The van der Waals surface area contributed by atoms with Gasteiger partial charge >= 0.3 is 11.9 Å². The average molecular weight is 423 g/mol. The van der Waals surface area contributed by atoms with Crippen LogP contribution in [0.25, 0.3) is 0 Å². The van der Waals surface area contributed by atoms with Crippen LogP contribution in [0.15, 0.2) is 0 Å². The molecule has 152 valence electrons. The summed E-state index contributed by atoms with van der Waals surface area (Å²) in [6, 6.07) is 1.28. The van der Waals surface area contributed by atoms with Crippen LogP contribution in [0, 0.1) is 5.92 Å². The Morgan fingerprint density at radius 2 is 1.62 bits per heavy atom. The first-order chi connectivity index (χ1) is 12.4. The van der Waals surface area contributed by atoms with E-state index in [0.717, 1.165) is 19.3 Å². The van der Waals surface area contributed by atoms with Gasteiger partial charge in [-0.15, -0.1) is 0 Å². The van der Waals surface area contributed by atoms with E-state index in [1.807, 2.05) is 6.92 Å². The van der Waals surface area contributed by atoms with Crippen LogP contribution in [0.3, 0.4) is 0 Å². The fourth-order valence-corrected chi connectivity index (χ4v) is 4.16. The average Bonchev–Trinajstić information content (AvgIpc) is 2.59. The smallest absolute Gasteiger partial charge is 0.306 e. The van der Waals surface area contributed by atoms with E-state index in [4.69, 9.17) is 9.47 Å². The second kappa shape index (κ2) is 16.7. The zero-order valence-electron chi connectivity index (χ0n) is 16.3. The molecule has 0 N–H and O–H groups in total. The zero-order valence-corrected chi connectivity index (χ0v) is 19.2. The van der Waals surface area contributed by atoms with Gasteiger partial charge in [0.1, 0.15) is 0 Å². The van der Waals surface area contributed by atoms with E-state index < -0.39 is 8.80 Å². The summed E-state index contributed by atoms with van der Waals surface area (Å²) in [6.07, 6.45) is 3.94.